The van der Waals surface area contributed by atoms with Crippen LogP contribution in [0.4, 0.5) is 0 Å². The predicted octanol–water partition coefficient (Wildman–Crippen LogP) is 2.36. The van der Waals surface area contributed by atoms with Gasteiger partial charge in [-0.3, -0.25) is 0 Å². The molecule has 2 atom stereocenters. The second-order valence-corrected chi connectivity index (χ2v) is 4.50. The minimum absolute atomic E-state index is 0.106. The second-order valence-electron chi connectivity index (χ2n) is 4.50. The van der Waals surface area contributed by atoms with E-state index in [9.17, 15) is 0 Å². The second kappa shape index (κ2) is 3.56. The highest BCUT2D eigenvalue weighted by Gasteiger charge is 2.28. The van der Waals surface area contributed by atoms with Crippen LogP contribution in [0.1, 0.15) is 31.0 Å². The molecule has 0 aliphatic carbocycles. The summed E-state index contributed by atoms with van der Waals surface area (Å²) in [4.78, 5) is 12.2. The quantitative estimate of drug-likeness (QED) is 0.797. The number of hydrogen-bond acceptors (Lipinski definition) is 3. The lowest BCUT2D eigenvalue weighted by Crippen LogP contribution is -2.05. The lowest BCUT2D eigenvalue weighted by atomic mass is 10.0. The Morgan fingerprint density at radius 3 is 3.00 bits per heavy atom. The summed E-state index contributed by atoms with van der Waals surface area (Å²) >= 11 is 0. The highest BCUT2D eigenvalue weighted by Crippen LogP contribution is 2.32. The van der Waals surface area contributed by atoms with Gasteiger partial charge in [0, 0.05) is 12.3 Å². The molecule has 2 aromatic rings. The van der Waals surface area contributed by atoms with Crippen LogP contribution in [0.25, 0.3) is 11.2 Å². The van der Waals surface area contributed by atoms with E-state index in [0.717, 1.165) is 35.7 Å². The fourth-order valence-electron chi connectivity index (χ4n) is 2.19. The molecule has 2 unspecified atom stereocenters. The number of fused-ring (bicyclic) bond motifs is 1. The zero-order chi connectivity index (χ0) is 11.1. The topological polar surface area (TPSA) is 50.8 Å². The van der Waals surface area contributed by atoms with Crippen LogP contribution in [0.3, 0.4) is 0 Å². The van der Waals surface area contributed by atoms with Crippen molar-refractivity contribution in [2.45, 2.75) is 26.4 Å². The molecule has 4 heteroatoms. The molecule has 1 N–H and O–H groups in total. The number of aryl methyl sites for hydroxylation is 1. The summed E-state index contributed by atoms with van der Waals surface area (Å²) in [6.07, 6.45) is 1.21. The van der Waals surface area contributed by atoms with Crippen LogP contribution in [-0.4, -0.2) is 21.6 Å². The Morgan fingerprint density at radius 1 is 1.38 bits per heavy atom. The van der Waals surface area contributed by atoms with Crippen LogP contribution in [0.2, 0.25) is 0 Å². The zero-order valence-corrected chi connectivity index (χ0v) is 9.53. The third kappa shape index (κ3) is 1.50. The SMILES string of the molecule is Cc1ccc2[nH]c(C3OCCC3C)nc2n1. The molecular weight excluding hydrogens is 202 g/mol. The molecule has 3 rings (SSSR count). The van der Waals surface area contributed by atoms with E-state index in [4.69, 9.17) is 4.74 Å². The minimum atomic E-state index is 0.106. The maximum absolute atomic E-state index is 5.69. The average molecular weight is 217 g/mol. The average Bonchev–Trinajstić information content (AvgIpc) is 2.82. The third-order valence-electron chi connectivity index (χ3n) is 3.16. The van der Waals surface area contributed by atoms with Crippen molar-refractivity contribution >= 4 is 11.2 Å². The van der Waals surface area contributed by atoms with Crippen LogP contribution >= 0.6 is 0 Å². The van der Waals surface area contributed by atoms with Gasteiger partial charge in [0.15, 0.2) is 5.65 Å². The van der Waals surface area contributed by atoms with Gasteiger partial charge in [-0.2, -0.15) is 0 Å². The Balaban J connectivity index is 2.04. The summed E-state index contributed by atoms with van der Waals surface area (Å²) in [5.74, 6) is 1.44. The van der Waals surface area contributed by atoms with Gasteiger partial charge in [-0.25, -0.2) is 9.97 Å². The van der Waals surface area contributed by atoms with Gasteiger partial charge in [0.1, 0.15) is 11.9 Å². The number of nitrogens with one attached hydrogen (secondary N) is 1. The number of ether oxygens (including phenoxy) is 1. The molecule has 16 heavy (non-hydrogen) atoms. The molecule has 0 bridgehead atoms. The van der Waals surface area contributed by atoms with E-state index in [1.807, 2.05) is 19.1 Å². The van der Waals surface area contributed by atoms with E-state index in [1.165, 1.54) is 0 Å². The van der Waals surface area contributed by atoms with Crippen molar-refractivity contribution in [3.05, 3.63) is 23.7 Å². The Labute approximate surface area is 94.1 Å². The molecule has 1 aliphatic rings. The van der Waals surface area contributed by atoms with Crippen LogP contribution < -0.4 is 0 Å². The molecule has 1 aliphatic heterocycles. The molecule has 0 spiro atoms. The molecule has 2 aromatic heterocycles. The fourth-order valence-corrected chi connectivity index (χ4v) is 2.19. The lowest BCUT2D eigenvalue weighted by molar-refractivity contribution is 0.0882. The number of aromatic amines is 1. The van der Waals surface area contributed by atoms with E-state index in [1.54, 1.807) is 0 Å². The van der Waals surface area contributed by atoms with Crippen molar-refractivity contribution < 1.29 is 4.74 Å². The van der Waals surface area contributed by atoms with Gasteiger partial charge in [0.2, 0.25) is 0 Å². The largest absolute Gasteiger partial charge is 0.370 e. The van der Waals surface area contributed by atoms with Gasteiger partial charge in [0.25, 0.3) is 0 Å². The van der Waals surface area contributed by atoms with Crippen LogP contribution in [0.15, 0.2) is 12.1 Å². The first-order valence-electron chi connectivity index (χ1n) is 5.69. The van der Waals surface area contributed by atoms with Crippen molar-refractivity contribution in [1.82, 2.24) is 15.0 Å². The number of pyridine rings is 1. The Bertz CT molecular complexity index is 520. The number of nitrogens with zero attached hydrogens (tertiary/aromatic N) is 2. The van der Waals surface area contributed by atoms with E-state index in [-0.39, 0.29) is 6.10 Å². The van der Waals surface area contributed by atoms with Crippen molar-refractivity contribution in [3.8, 4) is 0 Å². The summed E-state index contributed by atoms with van der Waals surface area (Å²) in [6, 6.07) is 4.01. The standard InChI is InChI=1S/C12H15N3O/c1-7-5-6-16-10(7)12-14-9-4-3-8(2)13-11(9)15-12/h3-4,7,10H,5-6H2,1-2H3,(H,13,14,15). The monoisotopic (exact) mass is 217 g/mol. The van der Waals surface area contributed by atoms with Gasteiger partial charge < -0.3 is 9.72 Å². The Morgan fingerprint density at radius 2 is 2.25 bits per heavy atom. The zero-order valence-electron chi connectivity index (χ0n) is 9.53. The maximum atomic E-state index is 5.69. The number of rotatable bonds is 1. The number of imidazole rings is 1. The van der Waals surface area contributed by atoms with Crippen molar-refractivity contribution in [2.75, 3.05) is 6.61 Å². The molecule has 4 nitrogen and oxygen atoms in total. The molecular formula is C12H15N3O. The maximum Gasteiger partial charge on any atom is 0.178 e. The van der Waals surface area contributed by atoms with Crippen LogP contribution in [0, 0.1) is 12.8 Å². The van der Waals surface area contributed by atoms with E-state index in [0.29, 0.717) is 5.92 Å². The van der Waals surface area contributed by atoms with Crippen molar-refractivity contribution in [2.24, 2.45) is 5.92 Å². The summed E-state index contributed by atoms with van der Waals surface area (Å²) in [5, 5.41) is 0. The predicted molar refractivity (Wildman–Crippen MR) is 61.1 cm³/mol. The molecule has 0 radical (unpaired) electrons. The molecule has 1 saturated heterocycles. The first-order chi connectivity index (χ1) is 7.74. The van der Waals surface area contributed by atoms with Crippen molar-refractivity contribution in [3.63, 3.8) is 0 Å². The summed E-state index contributed by atoms with van der Waals surface area (Å²) < 4.78 is 5.69. The minimum Gasteiger partial charge on any atom is -0.370 e. The van der Waals surface area contributed by atoms with Gasteiger partial charge in [0.05, 0.1) is 5.52 Å². The number of hydrogen-bond donors (Lipinski definition) is 1. The van der Waals surface area contributed by atoms with Gasteiger partial charge in [-0.05, 0) is 31.4 Å². The molecule has 0 amide bonds. The molecule has 1 fully saturated rings. The van der Waals surface area contributed by atoms with Crippen LogP contribution in [0.5, 0.6) is 0 Å². The van der Waals surface area contributed by atoms with E-state index < -0.39 is 0 Å². The molecule has 0 saturated carbocycles. The van der Waals surface area contributed by atoms with Crippen molar-refractivity contribution in [1.29, 1.82) is 0 Å². The normalized spacial score (nSPS) is 25.4. The number of H-pyrrole nitrogens is 1. The fraction of sp³-hybridized carbons (Fsp3) is 0.500. The smallest absolute Gasteiger partial charge is 0.178 e. The Kier molecular flexibility index (Phi) is 2.17. The lowest BCUT2D eigenvalue weighted by Gasteiger charge is -2.10. The van der Waals surface area contributed by atoms with Gasteiger partial charge in [-0.1, -0.05) is 6.92 Å². The summed E-state index contributed by atoms with van der Waals surface area (Å²) in [7, 11) is 0. The first-order valence-corrected chi connectivity index (χ1v) is 5.69. The van der Waals surface area contributed by atoms with E-state index >= 15 is 0 Å². The third-order valence-corrected chi connectivity index (χ3v) is 3.16. The molecule has 3 heterocycles. The van der Waals surface area contributed by atoms with E-state index in [2.05, 4.69) is 21.9 Å². The first kappa shape index (κ1) is 9.78. The van der Waals surface area contributed by atoms with Gasteiger partial charge in [-0.15, -0.1) is 0 Å². The van der Waals surface area contributed by atoms with Gasteiger partial charge >= 0.3 is 0 Å². The highest BCUT2D eigenvalue weighted by molar-refractivity contribution is 5.70. The highest BCUT2D eigenvalue weighted by atomic mass is 16.5. The summed E-state index contributed by atoms with van der Waals surface area (Å²) in [5.41, 5.74) is 2.77. The van der Waals surface area contributed by atoms with Crippen LogP contribution in [-0.2, 0) is 4.74 Å². The molecule has 84 valence electrons. The Hall–Kier alpha value is -1.42. The number of aromatic nitrogens is 3. The molecule has 0 aromatic carbocycles. The summed E-state index contributed by atoms with van der Waals surface area (Å²) in [6.45, 7) is 5.00.